The molecule has 0 atom stereocenters. The summed E-state index contributed by atoms with van der Waals surface area (Å²) < 4.78 is 0. The SMILES string of the molecule is CC=CCN1CCC(CNC(C)(C)C)CC1. The molecule has 0 spiro atoms. The summed E-state index contributed by atoms with van der Waals surface area (Å²) in [6.45, 7) is 13.7. The average Bonchev–Trinajstić information content (AvgIpc) is 2.24. The summed E-state index contributed by atoms with van der Waals surface area (Å²) in [5, 5.41) is 3.62. The molecule has 2 heteroatoms. The van der Waals surface area contributed by atoms with Crippen LogP contribution in [0.25, 0.3) is 0 Å². The van der Waals surface area contributed by atoms with Crippen LogP contribution in [0.4, 0.5) is 0 Å². The normalized spacial score (nSPS) is 20.8. The number of rotatable bonds is 4. The molecule has 1 aliphatic heterocycles. The minimum absolute atomic E-state index is 0.266. The molecule has 1 saturated heterocycles. The molecule has 0 radical (unpaired) electrons. The van der Waals surface area contributed by atoms with Gasteiger partial charge < -0.3 is 5.32 Å². The third-order valence-electron chi connectivity index (χ3n) is 3.23. The van der Waals surface area contributed by atoms with Crippen LogP contribution in [0.1, 0.15) is 40.5 Å². The van der Waals surface area contributed by atoms with E-state index in [4.69, 9.17) is 0 Å². The number of hydrogen-bond donors (Lipinski definition) is 1. The number of likely N-dealkylation sites (tertiary alicyclic amines) is 1. The molecular weight excluding hydrogens is 196 g/mol. The molecule has 1 heterocycles. The van der Waals surface area contributed by atoms with Crippen molar-refractivity contribution in [1.29, 1.82) is 0 Å². The fourth-order valence-corrected chi connectivity index (χ4v) is 2.08. The van der Waals surface area contributed by atoms with Crippen molar-refractivity contribution < 1.29 is 0 Å². The maximum atomic E-state index is 3.62. The van der Waals surface area contributed by atoms with E-state index in [1.807, 2.05) is 0 Å². The summed E-state index contributed by atoms with van der Waals surface area (Å²) in [4.78, 5) is 2.55. The predicted octanol–water partition coefficient (Wildman–Crippen LogP) is 2.66. The molecule has 0 aromatic rings. The first kappa shape index (κ1) is 13.7. The Bertz CT molecular complexity index is 207. The minimum atomic E-state index is 0.266. The van der Waals surface area contributed by atoms with Crippen molar-refractivity contribution in [1.82, 2.24) is 10.2 Å². The molecule has 2 nitrogen and oxygen atoms in total. The van der Waals surface area contributed by atoms with Gasteiger partial charge in [0.2, 0.25) is 0 Å². The van der Waals surface area contributed by atoms with Gasteiger partial charge in [-0.25, -0.2) is 0 Å². The van der Waals surface area contributed by atoms with Crippen molar-refractivity contribution in [3.63, 3.8) is 0 Å². The molecule has 0 saturated carbocycles. The molecule has 0 bridgehead atoms. The van der Waals surface area contributed by atoms with Gasteiger partial charge in [-0.2, -0.15) is 0 Å². The molecule has 1 aliphatic rings. The van der Waals surface area contributed by atoms with Gasteiger partial charge in [-0.3, -0.25) is 4.90 Å². The minimum Gasteiger partial charge on any atom is -0.312 e. The highest BCUT2D eigenvalue weighted by Gasteiger charge is 2.19. The Morgan fingerprint density at radius 3 is 2.38 bits per heavy atom. The van der Waals surface area contributed by atoms with Gasteiger partial charge in [-0.05, 0) is 66.1 Å². The van der Waals surface area contributed by atoms with Gasteiger partial charge in [0.15, 0.2) is 0 Å². The fourth-order valence-electron chi connectivity index (χ4n) is 2.08. The maximum absolute atomic E-state index is 3.62. The van der Waals surface area contributed by atoms with E-state index in [0.717, 1.165) is 12.5 Å². The number of hydrogen-bond acceptors (Lipinski definition) is 2. The molecule has 16 heavy (non-hydrogen) atoms. The van der Waals surface area contributed by atoms with Crippen LogP contribution in [0.5, 0.6) is 0 Å². The van der Waals surface area contributed by atoms with Crippen molar-refractivity contribution in [2.24, 2.45) is 5.92 Å². The van der Waals surface area contributed by atoms with Gasteiger partial charge in [-0.15, -0.1) is 0 Å². The number of nitrogens with one attached hydrogen (secondary N) is 1. The van der Waals surface area contributed by atoms with Crippen LogP contribution in [-0.2, 0) is 0 Å². The average molecular weight is 224 g/mol. The Morgan fingerprint density at radius 1 is 1.25 bits per heavy atom. The van der Waals surface area contributed by atoms with Gasteiger partial charge in [0.05, 0.1) is 0 Å². The number of piperidine rings is 1. The molecule has 0 amide bonds. The molecule has 0 unspecified atom stereocenters. The first-order valence-corrected chi connectivity index (χ1v) is 6.60. The zero-order chi connectivity index (χ0) is 12.0. The molecule has 0 aliphatic carbocycles. The standard InChI is InChI=1S/C14H28N2/c1-5-6-9-16-10-7-13(8-11-16)12-15-14(2,3)4/h5-6,13,15H,7-12H2,1-4H3. The van der Waals surface area contributed by atoms with Crippen molar-refractivity contribution in [3.05, 3.63) is 12.2 Å². The van der Waals surface area contributed by atoms with Crippen LogP contribution in [0.3, 0.4) is 0 Å². The van der Waals surface area contributed by atoms with E-state index in [9.17, 15) is 0 Å². The van der Waals surface area contributed by atoms with Gasteiger partial charge in [-0.1, -0.05) is 12.2 Å². The highest BCUT2D eigenvalue weighted by molar-refractivity contribution is 4.84. The van der Waals surface area contributed by atoms with Crippen molar-refractivity contribution >= 4 is 0 Å². The quantitative estimate of drug-likeness (QED) is 0.739. The zero-order valence-corrected chi connectivity index (χ0v) is 11.4. The Balaban J connectivity index is 2.17. The second kappa shape index (κ2) is 6.41. The Morgan fingerprint density at radius 2 is 1.88 bits per heavy atom. The largest absolute Gasteiger partial charge is 0.312 e. The lowest BCUT2D eigenvalue weighted by Gasteiger charge is -2.33. The molecular formula is C14H28N2. The molecule has 94 valence electrons. The van der Waals surface area contributed by atoms with E-state index >= 15 is 0 Å². The molecule has 0 aromatic carbocycles. The molecule has 1 rings (SSSR count). The first-order valence-electron chi connectivity index (χ1n) is 6.60. The first-order chi connectivity index (χ1) is 7.51. The van der Waals surface area contributed by atoms with Crippen LogP contribution in [0.15, 0.2) is 12.2 Å². The number of nitrogens with zero attached hydrogens (tertiary/aromatic N) is 1. The maximum Gasteiger partial charge on any atom is 0.0163 e. The van der Waals surface area contributed by atoms with E-state index in [0.29, 0.717) is 0 Å². The van der Waals surface area contributed by atoms with Crippen LogP contribution < -0.4 is 5.32 Å². The highest BCUT2D eigenvalue weighted by Crippen LogP contribution is 2.17. The second-order valence-electron chi connectivity index (χ2n) is 5.94. The van der Waals surface area contributed by atoms with Gasteiger partial charge in [0, 0.05) is 12.1 Å². The topological polar surface area (TPSA) is 15.3 Å². The summed E-state index contributed by atoms with van der Waals surface area (Å²) in [6.07, 6.45) is 7.10. The number of allylic oxidation sites excluding steroid dienone is 1. The molecule has 1 N–H and O–H groups in total. The van der Waals surface area contributed by atoms with Crippen LogP contribution in [0, 0.1) is 5.92 Å². The van der Waals surface area contributed by atoms with Gasteiger partial charge >= 0.3 is 0 Å². The smallest absolute Gasteiger partial charge is 0.0163 e. The Kier molecular flexibility index (Phi) is 5.50. The molecule has 0 aromatic heterocycles. The summed E-state index contributed by atoms with van der Waals surface area (Å²) in [5.41, 5.74) is 0.266. The third kappa shape index (κ3) is 5.66. The highest BCUT2D eigenvalue weighted by atomic mass is 15.1. The van der Waals surface area contributed by atoms with Crippen LogP contribution in [0.2, 0.25) is 0 Å². The summed E-state index contributed by atoms with van der Waals surface area (Å²) in [5.74, 6) is 0.876. The van der Waals surface area contributed by atoms with Crippen molar-refractivity contribution in [2.45, 2.75) is 46.1 Å². The third-order valence-corrected chi connectivity index (χ3v) is 3.23. The molecule has 1 fully saturated rings. The van der Waals surface area contributed by atoms with E-state index < -0.39 is 0 Å². The summed E-state index contributed by atoms with van der Waals surface area (Å²) in [7, 11) is 0. The monoisotopic (exact) mass is 224 g/mol. The Hall–Kier alpha value is -0.340. The van der Waals surface area contributed by atoms with E-state index in [1.54, 1.807) is 0 Å². The lowest BCUT2D eigenvalue weighted by atomic mass is 9.95. The van der Waals surface area contributed by atoms with Crippen LogP contribution >= 0.6 is 0 Å². The van der Waals surface area contributed by atoms with Gasteiger partial charge in [0.1, 0.15) is 0 Å². The van der Waals surface area contributed by atoms with Crippen molar-refractivity contribution in [3.8, 4) is 0 Å². The lowest BCUT2D eigenvalue weighted by molar-refractivity contribution is 0.191. The van der Waals surface area contributed by atoms with E-state index in [1.165, 1.54) is 32.5 Å². The second-order valence-corrected chi connectivity index (χ2v) is 5.94. The van der Waals surface area contributed by atoms with E-state index in [2.05, 4.69) is 50.1 Å². The lowest BCUT2D eigenvalue weighted by Crippen LogP contribution is -2.42. The van der Waals surface area contributed by atoms with Crippen LogP contribution in [-0.4, -0.2) is 36.6 Å². The summed E-state index contributed by atoms with van der Waals surface area (Å²) in [6, 6.07) is 0. The van der Waals surface area contributed by atoms with Gasteiger partial charge in [0.25, 0.3) is 0 Å². The fraction of sp³-hybridized carbons (Fsp3) is 0.857. The predicted molar refractivity (Wildman–Crippen MR) is 71.7 cm³/mol. The van der Waals surface area contributed by atoms with E-state index in [-0.39, 0.29) is 5.54 Å². The van der Waals surface area contributed by atoms with Crippen molar-refractivity contribution in [2.75, 3.05) is 26.2 Å². The zero-order valence-electron chi connectivity index (χ0n) is 11.4. The summed E-state index contributed by atoms with van der Waals surface area (Å²) >= 11 is 0. The Labute approximate surface area is 101 Å².